The average Bonchev–Trinajstić information content (AvgIpc) is 2.36. The van der Waals surface area contributed by atoms with Crippen LogP contribution in [0.1, 0.15) is 15.9 Å². The van der Waals surface area contributed by atoms with Gasteiger partial charge in [0.2, 0.25) is 5.88 Å². The number of carbonyl (C=O) groups is 1. The Labute approximate surface area is 123 Å². The van der Waals surface area contributed by atoms with Crippen LogP contribution >= 0.6 is 27.5 Å². The van der Waals surface area contributed by atoms with Crippen LogP contribution in [-0.2, 0) is 0 Å². The predicted molar refractivity (Wildman–Crippen MR) is 75.2 cm³/mol. The zero-order chi connectivity index (χ0) is 14.0. The molecule has 19 heavy (non-hydrogen) atoms. The van der Waals surface area contributed by atoms with E-state index in [1.165, 1.54) is 18.2 Å². The minimum atomic E-state index is -1.04. The highest BCUT2D eigenvalue weighted by molar-refractivity contribution is 9.10. The first-order chi connectivity index (χ1) is 8.97. The number of halogens is 2. The lowest BCUT2D eigenvalue weighted by atomic mass is 10.2. The van der Waals surface area contributed by atoms with E-state index in [2.05, 4.69) is 20.9 Å². The van der Waals surface area contributed by atoms with Crippen LogP contribution in [0.15, 0.2) is 34.9 Å². The summed E-state index contributed by atoms with van der Waals surface area (Å²) in [4.78, 5) is 14.9. The molecule has 0 fully saturated rings. The van der Waals surface area contributed by atoms with Gasteiger partial charge in [0.1, 0.15) is 5.75 Å². The van der Waals surface area contributed by atoms with Crippen molar-refractivity contribution in [3.8, 4) is 11.6 Å². The van der Waals surface area contributed by atoms with Crippen LogP contribution in [0, 0.1) is 6.92 Å². The minimum Gasteiger partial charge on any atom is -0.478 e. The lowest BCUT2D eigenvalue weighted by Gasteiger charge is -2.08. The zero-order valence-electron chi connectivity index (χ0n) is 9.85. The summed E-state index contributed by atoms with van der Waals surface area (Å²) in [5.74, 6) is -0.280. The third-order valence-electron chi connectivity index (χ3n) is 2.42. The molecule has 0 bridgehead atoms. The highest BCUT2D eigenvalue weighted by Gasteiger charge is 2.09. The van der Waals surface area contributed by atoms with Crippen molar-refractivity contribution in [1.82, 2.24) is 4.98 Å². The molecule has 0 saturated heterocycles. The van der Waals surface area contributed by atoms with Gasteiger partial charge in [-0.2, -0.15) is 0 Å². The number of hydrogen-bond acceptors (Lipinski definition) is 3. The van der Waals surface area contributed by atoms with Gasteiger partial charge in [0.25, 0.3) is 0 Å². The second kappa shape index (κ2) is 5.59. The van der Waals surface area contributed by atoms with Gasteiger partial charge in [-0.3, -0.25) is 0 Å². The maximum Gasteiger partial charge on any atom is 0.335 e. The molecule has 0 aliphatic heterocycles. The largest absolute Gasteiger partial charge is 0.478 e. The van der Waals surface area contributed by atoms with Crippen molar-refractivity contribution >= 4 is 33.5 Å². The van der Waals surface area contributed by atoms with E-state index in [-0.39, 0.29) is 10.6 Å². The van der Waals surface area contributed by atoms with E-state index in [1.54, 1.807) is 12.3 Å². The quantitative estimate of drug-likeness (QED) is 0.903. The highest BCUT2D eigenvalue weighted by Crippen LogP contribution is 2.30. The monoisotopic (exact) mass is 341 g/mol. The van der Waals surface area contributed by atoms with Gasteiger partial charge in [-0.05, 0) is 46.6 Å². The van der Waals surface area contributed by atoms with Crippen LogP contribution in [0.25, 0.3) is 0 Å². The summed E-state index contributed by atoms with van der Waals surface area (Å²) in [7, 11) is 0. The van der Waals surface area contributed by atoms with Gasteiger partial charge in [0.15, 0.2) is 0 Å². The molecule has 0 saturated carbocycles. The maximum atomic E-state index is 10.8. The van der Waals surface area contributed by atoms with Crippen LogP contribution in [0.3, 0.4) is 0 Å². The summed E-state index contributed by atoms with van der Waals surface area (Å²) in [5.41, 5.74) is 1.08. The first kappa shape index (κ1) is 13.8. The number of rotatable bonds is 3. The topological polar surface area (TPSA) is 59.4 Å². The molecule has 0 spiro atoms. The molecule has 1 heterocycles. The molecule has 98 valence electrons. The fraction of sp³-hybridized carbons (Fsp3) is 0.0769. The minimum absolute atomic E-state index is 0.109. The van der Waals surface area contributed by atoms with Crippen LogP contribution in [0.4, 0.5) is 0 Å². The summed E-state index contributed by atoms with van der Waals surface area (Å²) in [6, 6.07) is 6.02. The number of benzene rings is 1. The fourth-order valence-electron chi connectivity index (χ4n) is 1.40. The van der Waals surface area contributed by atoms with Crippen molar-refractivity contribution in [1.29, 1.82) is 0 Å². The van der Waals surface area contributed by atoms with Gasteiger partial charge in [0, 0.05) is 16.7 Å². The molecule has 0 aliphatic carbocycles. The third-order valence-corrected chi connectivity index (χ3v) is 3.54. The van der Waals surface area contributed by atoms with Crippen molar-refractivity contribution in [2.45, 2.75) is 6.92 Å². The van der Waals surface area contributed by atoms with Crippen LogP contribution in [-0.4, -0.2) is 16.1 Å². The molecule has 0 radical (unpaired) electrons. The van der Waals surface area contributed by atoms with Gasteiger partial charge in [-0.1, -0.05) is 11.6 Å². The lowest BCUT2D eigenvalue weighted by molar-refractivity contribution is 0.0697. The van der Waals surface area contributed by atoms with Crippen molar-refractivity contribution in [2.24, 2.45) is 0 Å². The Kier molecular flexibility index (Phi) is 4.07. The molecule has 1 aromatic heterocycles. The average molecular weight is 343 g/mol. The highest BCUT2D eigenvalue weighted by atomic mass is 79.9. The first-order valence-electron chi connectivity index (χ1n) is 5.30. The molecular weight excluding hydrogens is 334 g/mol. The van der Waals surface area contributed by atoms with Crippen molar-refractivity contribution in [3.63, 3.8) is 0 Å². The molecule has 4 nitrogen and oxygen atoms in total. The van der Waals surface area contributed by atoms with Gasteiger partial charge in [0.05, 0.1) is 10.6 Å². The Bertz CT molecular complexity index is 646. The lowest BCUT2D eigenvalue weighted by Crippen LogP contribution is -1.96. The van der Waals surface area contributed by atoms with Crippen LogP contribution in [0.5, 0.6) is 11.6 Å². The molecule has 0 amide bonds. The van der Waals surface area contributed by atoms with Gasteiger partial charge < -0.3 is 9.84 Å². The van der Waals surface area contributed by atoms with E-state index in [0.29, 0.717) is 11.6 Å². The normalized spacial score (nSPS) is 10.3. The molecule has 0 unspecified atom stereocenters. The van der Waals surface area contributed by atoms with E-state index >= 15 is 0 Å². The second-order valence-electron chi connectivity index (χ2n) is 3.82. The molecule has 0 aliphatic rings. The van der Waals surface area contributed by atoms with Crippen LogP contribution in [0.2, 0.25) is 5.02 Å². The van der Waals surface area contributed by atoms with E-state index in [1.807, 2.05) is 6.92 Å². The number of carboxylic acids is 1. The standard InChI is InChI=1S/C13H9BrClNO3/c1-7-4-12(16-6-9(7)14)19-11-3-2-8(13(17)18)5-10(11)15/h2-6H,1H3,(H,17,18). The zero-order valence-corrected chi connectivity index (χ0v) is 12.2. The van der Waals surface area contributed by atoms with Crippen molar-refractivity contribution in [3.05, 3.63) is 51.1 Å². The molecule has 1 N–H and O–H groups in total. The number of hydrogen-bond donors (Lipinski definition) is 1. The smallest absolute Gasteiger partial charge is 0.335 e. The molecule has 2 aromatic rings. The van der Waals surface area contributed by atoms with Crippen molar-refractivity contribution < 1.29 is 14.6 Å². The third kappa shape index (κ3) is 3.24. The Morgan fingerprint density at radius 1 is 1.42 bits per heavy atom. The van der Waals surface area contributed by atoms with Gasteiger partial charge in [-0.25, -0.2) is 9.78 Å². The molecule has 1 aromatic carbocycles. The molecule has 6 heteroatoms. The van der Waals surface area contributed by atoms with E-state index in [9.17, 15) is 4.79 Å². The predicted octanol–water partition coefficient (Wildman–Crippen LogP) is 4.30. The number of aromatic carboxylic acids is 1. The van der Waals surface area contributed by atoms with Crippen LogP contribution < -0.4 is 4.74 Å². The Morgan fingerprint density at radius 3 is 2.74 bits per heavy atom. The molecular formula is C13H9BrClNO3. The van der Waals surface area contributed by atoms with E-state index in [0.717, 1.165) is 10.0 Å². The maximum absolute atomic E-state index is 10.8. The summed E-state index contributed by atoms with van der Waals surface area (Å²) in [5, 5.41) is 9.06. The summed E-state index contributed by atoms with van der Waals surface area (Å²) < 4.78 is 6.40. The number of nitrogens with zero attached hydrogens (tertiary/aromatic N) is 1. The van der Waals surface area contributed by atoms with Gasteiger partial charge >= 0.3 is 5.97 Å². The molecule has 0 atom stereocenters. The Morgan fingerprint density at radius 2 is 2.16 bits per heavy atom. The first-order valence-corrected chi connectivity index (χ1v) is 6.47. The SMILES string of the molecule is Cc1cc(Oc2ccc(C(=O)O)cc2Cl)ncc1Br. The Hall–Kier alpha value is -1.59. The Balaban J connectivity index is 2.28. The fourth-order valence-corrected chi connectivity index (χ4v) is 1.83. The second-order valence-corrected chi connectivity index (χ2v) is 5.09. The summed E-state index contributed by atoms with van der Waals surface area (Å²) in [6.07, 6.45) is 1.63. The number of ether oxygens (including phenoxy) is 1. The van der Waals surface area contributed by atoms with E-state index in [4.69, 9.17) is 21.4 Å². The number of carboxylic acid groups (broad SMARTS) is 1. The van der Waals surface area contributed by atoms with Gasteiger partial charge in [-0.15, -0.1) is 0 Å². The van der Waals surface area contributed by atoms with Crippen molar-refractivity contribution in [2.75, 3.05) is 0 Å². The molecule has 2 rings (SSSR count). The summed E-state index contributed by atoms with van der Waals surface area (Å²) in [6.45, 7) is 1.91. The number of aromatic nitrogens is 1. The summed E-state index contributed by atoms with van der Waals surface area (Å²) >= 11 is 9.31. The van der Waals surface area contributed by atoms with E-state index < -0.39 is 5.97 Å². The number of pyridine rings is 1. The number of aryl methyl sites for hydroxylation is 1.